The van der Waals surface area contributed by atoms with Crippen molar-refractivity contribution >= 4 is 0 Å². The lowest BCUT2D eigenvalue weighted by Crippen LogP contribution is -2.34. The van der Waals surface area contributed by atoms with Gasteiger partial charge >= 0.3 is 0 Å². The second kappa shape index (κ2) is 10.2. The number of aliphatic hydroxyl groups excluding tert-OH is 1. The molecule has 0 saturated carbocycles. The Morgan fingerprint density at radius 1 is 0.960 bits per heavy atom. The zero-order valence-electron chi connectivity index (χ0n) is 15.7. The lowest BCUT2D eigenvalue weighted by atomic mass is 10.1. The number of rotatable bonds is 10. The summed E-state index contributed by atoms with van der Waals surface area (Å²) in [5, 5.41) is 10.5. The molecule has 0 aliphatic heterocycles. The van der Waals surface area contributed by atoms with Gasteiger partial charge in [0.1, 0.15) is 5.75 Å². The van der Waals surface area contributed by atoms with Crippen LogP contribution in [0.3, 0.4) is 0 Å². The Hall–Kier alpha value is -1.84. The molecule has 3 heteroatoms. The molecule has 0 radical (unpaired) electrons. The number of hydrogen-bond donors (Lipinski definition) is 1. The summed E-state index contributed by atoms with van der Waals surface area (Å²) < 4.78 is 5.23. The average Bonchev–Trinajstić information content (AvgIpc) is 2.61. The molecule has 0 unspecified atom stereocenters. The first kappa shape index (κ1) is 19.5. The Labute approximate surface area is 152 Å². The third-order valence-corrected chi connectivity index (χ3v) is 4.37. The molecular weight excluding hydrogens is 310 g/mol. The molecule has 2 rings (SSSR count). The molecule has 2 aromatic carbocycles. The van der Waals surface area contributed by atoms with Crippen LogP contribution in [0.5, 0.6) is 5.75 Å². The summed E-state index contributed by atoms with van der Waals surface area (Å²) in [5.41, 5.74) is 2.43. The quantitative estimate of drug-likeness (QED) is 0.705. The predicted octanol–water partition coefficient (Wildman–Crippen LogP) is 4.15. The number of benzene rings is 2. The summed E-state index contributed by atoms with van der Waals surface area (Å²) in [4.78, 5) is 2.36. The molecule has 1 atom stereocenters. The molecular formula is C22H31NO2. The summed E-state index contributed by atoms with van der Waals surface area (Å²) in [6, 6.07) is 18.4. The van der Waals surface area contributed by atoms with E-state index in [-0.39, 0.29) is 6.10 Å². The summed E-state index contributed by atoms with van der Waals surface area (Å²) in [7, 11) is 1.68. The van der Waals surface area contributed by atoms with Crippen LogP contribution in [0.4, 0.5) is 0 Å². The SMILES string of the molecule is COc1ccc(CN(CCC(C)C)C[C@@H](O)Cc2ccccc2)cc1. The molecule has 25 heavy (non-hydrogen) atoms. The van der Waals surface area contributed by atoms with Crippen molar-refractivity contribution in [3.05, 3.63) is 65.7 Å². The number of nitrogens with zero attached hydrogens (tertiary/aromatic N) is 1. The van der Waals surface area contributed by atoms with Crippen molar-refractivity contribution in [1.82, 2.24) is 4.90 Å². The van der Waals surface area contributed by atoms with Crippen LogP contribution in [0, 0.1) is 5.92 Å². The molecule has 136 valence electrons. The highest BCUT2D eigenvalue weighted by molar-refractivity contribution is 5.27. The Balaban J connectivity index is 1.96. The van der Waals surface area contributed by atoms with E-state index < -0.39 is 0 Å². The van der Waals surface area contributed by atoms with Crippen molar-refractivity contribution in [3.63, 3.8) is 0 Å². The van der Waals surface area contributed by atoms with E-state index in [0.29, 0.717) is 18.9 Å². The lowest BCUT2D eigenvalue weighted by Gasteiger charge is -2.26. The van der Waals surface area contributed by atoms with Crippen LogP contribution < -0.4 is 4.74 Å². The minimum atomic E-state index is -0.354. The molecule has 0 bridgehead atoms. The minimum absolute atomic E-state index is 0.354. The molecule has 0 heterocycles. The molecule has 0 spiro atoms. The lowest BCUT2D eigenvalue weighted by molar-refractivity contribution is 0.105. The average molecular weight is 341 g/mol. The van der Waals surface area contributed by atoms with Crippen molar-refractivity contribution in [2.75, 3.05) is 20.2 Å². The van der Waals surface area contributed by atoms with Gasteiger partial charge in [-0.3, -0.25) is 4.90 Å². The van der Waals surface area contributed by atoms with E-state index in [4.69, 9.17) is 4.74 Å². The Bertz CT molecular complexity index is 595. The zero-order chi connectivity index (χ0) is 18.1. The van der Waals surface area contributed by atoms with Crippen LogP contribution in [0.15, 0.2) is 54.6 Å². The second-order valence-corrected chi connectivity index (χ2v) is 7.11. The first-order valence-corrected chi connectivity index (χ1v) is 9.14. The maximum absolute atomic E-state index is 10.5. The van der Waals surface area contributed by atoms with Gasteiger partial charge in [-0.15, -0.1) is 0 Å². The Kier molecular flexibility index (Phi) is 7.96. The number of methoxy groups -OCH3 is 1. The van der Waals surface area contributed by atoms with Gasteiger partial charge < -0.3 is 9.84 Å². The van der Waals surface area contributed by atoms with Crippen LogP contribution in [0.1, 0.15) is 31.4 Å². The maximum atomic E-state index is 10.5. The highest BCUT2D eigenvalue weighted by atomic mass is 16.5. The molecule has 0 aliphatic rings. The van der Waals surface area contributed by atoms with E-state index in [2.05, 4.69) is 43.0 Å². The summed E-state index contributed by atoms with van der Waals surface area (Å²) >= 11 is 0. The Morgan fingerprint density at radius 3 is 2.24 bits per heavy atom. The highest BCUT2D eigenvalue weighted by Gasteiger charge is 2.14. The molecule has 3 nitrogen and oxygen atoms in total. The van der Waals surface area contributed by atoms with Crippen molar-refractivity contribution in [2.45, 2.75) is 39.3 Å². The van der Waals surface area contributed by atoms with Gasteiger partial charge in [0.25, 0.3) is 0 Å². The van der Waals surface area contributed by atoms with Crippen LogP contribution in [-0.4, -0.2) is 36.3 Å². The summed E-state index contributed by atoms with van der Waals surface area (Å²) in [5.74, 6) is 1.53. The largest absolute Gasteiger partial charge is 0.497 e. The molecule has 0 amide bonds. The van der Waals surface area contributed by atoms with Gasteiger partial charge in [0, 0.05) is 13.1 Å². The summed E-state index contributed by atoms with van der Waals surface area (Å²) in [6.45, 7) is 7.02. The fourth-order valence-corrected chi connectivity index (χ4v) is 2.91. The number of ether oxygens (including phenoxy) is 1. The van der Waals surface area contributed by atoms with Crippen molar-refractivity contribution in [3.8, 4) is 5.75 Å². The second-order valence-electron chi connectivity index (χ2n) is 7.11. The van der Waals surface area contributed by atoms with Crippen molar-refractivity contribution in [2.24, 2.45) is 5.92 Å². The van der Waals surface area contributed by atoms with Crippen LogP contribution in [-0.2, 0) is 13.0 Å². The number of aliphatic hydroxyl groups is 1. The topological polar surface area (TPSA) is 32.7 Å². The number of hydrogen-bond acceptors (Lipinski definition) is 3. The molecule has 0 aliphatic carbocycles. The van der Waals surface area contributed by atoms with E-state index in [1.54, 1.807) is 7.11 Å². The van der Waals surface area contributed by atoms with E-state index in [1.807, 2.05) is 30.3 Å². The smallest absolute Gasteiger partial charge is 0.118 e. The minimum Gasteiger partial charge on any atom is -0.497 e. The van der Waals surface area contributed by atoms with Gasteiger partial charge in [0.05, 0.1) is 13.2 Å². The van der Waals surface area contributed by atoms with Crippen LogP contribution >= 0.6 is 0 Å². The van der Waals surface area contributed by atoms with Gasteiger partial charge in [-0.05, 0) is 48.6 Å². The molecule has 0 saturated heterocycles. The van der Waals surface area contributed by atoms with Gasteiger partial charge in [-0.1, -0.05) is 56.3 Å². The van der Waals surface area contributed by atoms with Crippen LogP contribution in [0.2, 0.25) is 0 Å². The van der Waals surface area contributed by atoms with Gasteiger partial charge in [0.2, 0.25) is 0 Å². The molecule has 1 N–H and O–H groups in total. The summed E-state index contributed by atoms with van der Waals surface area (Å²) in [6.07, 6.45) is 1.48. The standard InChI is InChI=1S/C22H31NO2/c1-18(2)13-14-23(16-20-9-11-22(25-3)12-10-20)17-21(24)15-19-7-5-4-6-8-19/h4-12,18,21,24H,13-17H2,1-3H3/t21-/m0/s1. The highest BCUT2D eigenvalue weighted by Crippen LogP contribution is 2.15. The zero-order valence-corrected chi connectivity index (χ0v) is 15.7. The molecule has 2 aromatic rings. The van der Waals surface area contributed by atoms with Crippen molar-refractivity contribution in [1.29, 1.82) is 0 Å². The third-order valence-electron chi connectivity index (χ3n) is 4.37. The predicted molar refractivity (Wildman–Crippen MR) is 104 cm³/mol. The van der Waals surface area contributed by atoms with E-state index in [1.165, 1.54) is 11.1 Å². The first-order chi connectivity index (χ1) is 12.1. The monoisotopic (exact) mass is 341 g/mol. The fraction of sp³-hybridized carbons (Fsp3) is 0.455. The maximum Gasteiger partial charge on any atom is 0.118 e. The van der Waals surface area contributed by atoms with E-state index in [9.17, 15) is 5.11 Å². The van der Waals surface area contributed by atoms with Crippen molar-refractivity contribution < 1.29 is 9.84 Å². The van der Waals surface area contributed by atoms with Gasteiger partial charge in [0.15, 0.2) is 0 Å². The normalized spacial score (nSPS) is 12.6. The first-order valence-electron chi connectivity index (χ1n) is 9.14. The Morgan fingerprint density at radius 2 is 1.64 bits per heavy atom. The third kappa shape index (κ3) is 7.29. The van der Waals surface area contributed by atoms with E-state index >= 15 is 0 Å². The van der Waals surface area contributed by atoms with Gasteiger partial charge in [-0.2, -0.15) is 0 Å². The molecule has 0 aromatic heterocycles. The van der Waals surface area contributed by atoms with Crippen LogP contribution in [0.25, 0.3) is 0 Å². The van der Waals surface area contributed by atoms with Gasteiger partial charge in [-0.25, -0.2) is 0 Å². The fourth-order valence-electron chi connectivity index (χ4n) is 2.91. The molecule has 0 fully saturated rings. The van der Waals surface area contributed by atoms with E-state index in [0.717, 1.165) is 25.3 Å².